The molecule has 0 atom stereocenters. The van der Waals surface area contributed by atoms with E-state index in [1.54, 1.807) is 0 Å². The highest BCUT2D eigenvalue weighted by Crippen LogP contribution is 2.22. The molecule has 0 amide bonds. The van der Waals surface area contributed by atoms with Gasteiger partial charge in [-0.05, 0) is 36.5 Å². The maximum atomic E-state index is 12.2. The zero-order valence-corrected chi connectivity index (χ0v) is 9.52. The average Bonchev–Trinajstić information content (AvgIpc) is 2.86. The van der Waals surface area contributed by atoms with Gasteiger partial charge in [-0.2, -0.15) is 0 Å². The number of rotatable bonds is 2. The second-order valence-corrected chi connectivity index (χ2v) is 4.39. The fourth-order valence-electron chi connectivity index (χ4n) is 2.31. The van der Waals surface area contributed by atoms with E-state index in [-0.39, 0.29) is 5.78 Å². The molecular weight excluding hydrogens is 210 g/mol. The Morgan fingerprint density at radius 1 is 1.06 bits per heavy atom. The molecule has 2 nitrogen and oxygen atoms in total. The number of nitrogens with zero attached hydrogens (tertiary/aromatic N) is 1. The number of aromatic nitrogens is 1. The van der Waals surface area contributed by atoms with Crippen LogP contribution in [0.25, 0.3) is 0 Å². The minimum absolute atomic E-state index is 0.0142. The van der Waals surface area contributed by atoms with Gasteiger partial charge in [0.2, 0.25) is 5.78 Å². The summed E-state index contributed by atoms with van der Waals surface area (Å²) in [6, 6.07) is 11.3. The number of benzene rings is 1. The number of pyridine rings is 1. The van der Waals surface area contributed by atoms with Gasteiger partial charge < -0.3 is 0 Å². The van der Waals surface area contributed by atoms with Crippen LogP contribution < -0.4 is 0 Å². The van der Waals surface area contributed by atoms with E-state index in [9.17, 15) is 4.79 Å². The van der Waals surface area contributed by atoms with Gasteiger partial charge in [0.25, 0.3) is 0 Å². The summed E-state index contributed by atoms with van der Waals surface area (Å²) in [7, 11) is 0. The molecule has 1 aromatic heterocycles. The lowest BCUT2D eigenvalue weighted by atomic mass is 10.1. The molecule has 0 radical (unpaired) electrons. The van der Waals surface area contributed by atoms with Crippen molar-refractivity contribution in [2.24, 2.45) is 0 Å². The number of carbonyl (C=O) groups excluding carboxylic acids is 1. The van der Waals surface area contributed by atoms with Gasteiger partial charge in [0, 0.05) is 11.8 Å². The molecule has 2 aromatic rings. The molecule has 1 aromatic carbocycles. The van der Waals surface area contributed by atoms with Gasteiger partial charge in [-0.15, -0.1) is 0 Å². The molecule has 1 heterocycles. The first-order valence-electron chi connectivity index (χ1n) is 5.92. The normalized spacial score (nSPS) is 13.4. The summed E-state index contributed by atoms with van der Waals surface area (Å²) in [5.41, 5.74) is 3.86. The average molecular weight is 223 g/mol. The second kappa shape index (κ2) is 4.13. The topological polar surface area (TPSA) is 30.0 Å². The number of hydrogen-bond acceptors (Lipinski definition) is 2. The van der Waals surface area contributed by atoms with Crippen molar-refractivity contribution in [3.8, 4) is 0 Å². The minimum Gasteiger partial charge on any atom is -0.287 e. The van der Waals surface area contributed by atoms with Crippen LogP contribution in [0, 0.1) is 0 Å². The Balaban J connectivity index is 1.97. The number of ketones is 1. The van der Waals surface area contributed by atoms with Crippen LogP contribution in [0.4, 0.5) is 0 Å². The van der Waals surface area contributed by atoms with E-state index >= 15 is 0 Å². The zero-order valence-electron chi connectivity index (χ0n) is 9.52. The van der Waals surface area contributed by atoms with Crippen molar-refractivity contribution in [2.75, 3.05) is 0 Å². The first kappa shape index (κ1) is 10.2. The molecular formula is C15H13NO. The molecule has 2 heteroatoms. The number of aryl methyl sites for hydroxylation is 2. The third kappa shape index (κ3) is 1.86. The van der Waals surface area contributed by atoms with Crippen LogP contribution in [0.3, 0.4) is 0 Å². The fourth-order valence-corrected chi connectivity index (χ4v) is 2.31. The highest BCUT2D eigenvalue weighted by Gasteiger charge is 2.15. The molecule has 0 saturated heterocycles. The molecule has 0 saturated carbocycles. The molecule has 3 rings (SSSR count). The van der Waals surface area contributed by atoms with E-state index in [2.05, 4.69) is 4.98 Å². The summed E-state index contributed by atoms with van der Waals surface area (Å²) in [6.45, 7) is 0. The lowest BCUT2D eigenvalue weighted by molar-refractivity contribution is 0.103. The maximum absolute atomic E-state index is 12.2. The van der Waals surface area contributed by atoms with Gasteiger partial charge in [0.05, 0.1) is 0 Å². The highest BCUT2D eigenvalue weighted by molar-refractivity contribution is 6.07. The Bertz CT molecular complexity index is 560. The third-order valence-electron chi connectivity index (χ3n) is 3.24. The lowest BCUT2D eigenvalue weighted by Gasteiger charge is -2.03. The summed E-state index contributed by atoms with van der Waals surface area (Å²) in [5, 5.41) is 0. The number of hydrogen-bond donors (Lipinski definition) is 0. The summed E-state index contributed by atoms with van der Waals surface area (Å²) in [6.07, 6.45) is 5.22. The zero-order chi connectivity index (χ0) is 11.7. The first-order valence-corrected chi connectivity index (χ1v) is 5.92. The molecule has 84 valence electrons. The van der Waals surface area contributed by atoms with Gasteiger partial charge >= 0.3 is 0 Å². The second-order valence-electron chi connectivity index (χ2n) is 4.39. The van der Waals surface area contributed by atoms with E-state index in [0.717, 1.165) is 12.8 Å². The van der Waals surface area contributed by atoms with Gasteiger partial charge in [-0.25, -0.2) is 0 Å². The molecule has 0 spiro atoms. The number of carbonyl (C=O) groups is 1. The van der Waals surface area contributed by atoms with Crippen LogP contribution in [-0.2, 0) is 12.8 Å². The summed E-state index contributed by atoms with van der Waals surface area (Å²) in [4.78, 5) is 16.5. The van der Waals surface area contributed by atoms with Crippen molar-refractivity contribution in [3.05, 3.63) is 65.0 Å². The predicted molar refractivity (Wildman–Crippen MR) is 66.1 cm³/mol. The van der Waals surface area contributed by atoms with Gasteiger partial charge in [-0.1, -0.05) is 30.3 Å². The van der Waals surface area contributed by atoms with Crippen molar-refractivity contribution in [1.82, 2.24) is 4.98 Å². The van der Waals surface area contributed by atoms with Crippen LogP contribution in [0.1, 0.15) is 33.6 Å². The van der Waals surface area contributed by atoms with Crippen LogP contribution >= 0.6 is 0 Å². The molecule has 1 aliphatic carbocycles. The van der Waals surface area contributed by atoms with Gasteiger partial charge in [0.1, 0.15) is 5.69 Å². The SMILES string of the molecule is O=C(c1ccccc1)c1cc2c(cn1)CCC2. The summed E-state index contributed by atoms with van der Waals surface area (Å²) >= 11 is 0. The molecule has 0 unspecified atom stereocenters. The minimum atomic E-state index is 0.0142. The molecule has 0 N–H and O–H groups in total. The Morgan fingerprint density at radius 3 is 2.65 bits per heavy atom. The van der Waals surface area contributed by atoms with Crippen LogP contribution in [-0.4, -0.2) is 10.8 Å². The van der Waals surface area contributed by atoms with Gasteiger partial charge in [-0.3, -0.25) is 9.78 Å². The van der Waals surface area contributed by atoms with Crippen molar-refractivity contribution >= 4 is 5.78 Å². The van der Waals surface area contributed by atoms with E-state index in [4.69, 9.17) is 0 Å². The smallest absolute Gasteiger partial charge is 0.211 e. The largest absolute Gasteiger partial charge is 0.287 e. The van der Waals surface area contributed by atoms with Crippen molar-refractivity contribution < 1.29 is 4.79 Å². The molecule has 1 aliphatic rings. The lowest BCUT2D eigenvalue weighted by Crippen LogP contribution is -2.04. The number of fused-ring (bicyclic) bond motifs is 1. The standard InChI is InChI=1S/C15H13NO/c17-15(11-5-2-1-3-6-11)14-9-12-7-4-8-13(12)10-16-14/h1-3,5-6,9-10H,4,7-8H2. The molecule has 0 aliphatic heterocycles. The third-order valence-corrected chi connectivity index (χ3v) is 3.24. The maximum Gasteiger partial charge on any atom is 0.211 e. The first-order chi connectivity index (χ1) is 8.34. The monoisotopic (exact) mass is 223 g/mol. The molecule has 0 bridgehead atoms. The summed E-state index contributed by atoms with van der Waals surface area (Å²) in [5.74, 6) is 0.0142. The van der Waals surface area contributed by atoms with E-state index in [1.165, 1.54) is 17.5 Å². The van der Waals surface area contributed by atoms with Crippen molar-refractivity contribution in [3.63, 3.8) is 0 Å². The van der Waals surface area contributed by atoms with Crippen LogP contribution in [0.2, 0.25) is 0 Å². The molecule has 17 heavy (non-hydrogen) atoms. The Kier molecular flexibility index (Phi) is 2.48. The predicted octanol–water partition coefficient (Wildman–Crippen LogP) is 2.80. The van der Waals surface area contributed by atoms with Crippen LogP contribution in [0.5, 0.6) is 0 Å². The Hall–Kier alpha value is -1.96. The molecule has 0 fully saturated rings. The Labute approximate surface area is 100 Å². The fraction of sp³-hybridized carbons (Fsp3) is 0.200. The van der Waals surface area contributed by atoms with Gasteiger partial charge in [0.15, 0.2) is 0 Å². The van der Waals surface area contributed by atoms with E-state index in [1.807, 2.05) is 42.6 Å². The van der Waals surface area contributed by atoms with Crippen molar-refractivity contribution in [1.29, 1.82) is 0 Å². The van der Waals surface area contributed by atoms with E-state index in [0.29, 0.717) is 11.3 Å². The van der Waals surface area contributed by atoms with Crippen LogP contribution in [0.15, 0.2) is 42.6 Å². The highest BCUT2D eigenvalue weighted by atomic mass is 16.1. The van der Waals surface area contributed by atoms with E-state index < -0.39 is 0 Å². The summed E-state index contributed by atoms with van der Waals surface area (Å²) < 4.78 is 0. The Morgan fingerprint density at radius 2 is 1.82 bits per heavy atom. The quantitative estimate of drug-likeness (QED) is 0.733. The van der Waals surface area contributed by atoms with Crippen molar-refractivity contribution in [2.45, 2.75) is 19.3 Å².